The van der Waals surface area contributed by atoms with Gasteiger partial charge in [-0.3, -0.25) is 4.90 Å². The predicted octanol–water partition coefficient (Wildman–Crippen LogP) is 2.54. The van der Waals surface area contributed by atoms with Crippen LogP contribution in [0.1, 0.15) is 37.8 Å². The Hall–Kier alpha value is -1.26. The second kappa shape index (κ2) is 7.50. The molecule has 1 aliphatic rings. The van der Waals surface area contributed by atoms with Crippen molar-refractivity contribution >= 4 is 0 Å². The van der Waals surface area contributed by atoms with Crippen LogP contribution in [0.2, 0.25) is 0 Å². The maximum absolute atomic E-state index is 9.63. The first-order valence-electron chi connectivity index (χ1n) is 7.58. The summed E-state index contributed by atoms with van der Waals surface area (Å²) in [5.41, 5.74) is 1.20. The predicted molar refractivity (Wildman–Crippen MR) is 81.4 cm³/mol. The van der Waals surface area contributed by atoms with Gasteiger partial charge in [-0.05, 0) is 12.5 Å². The summed E-state index contributed by atoms with van der Waals surface area (Å²) in [5, 5.41) is 13.0. The van der Waals surface area contributed by atoms with Crippen LogP contribution in [0.4, 0.5) is 0 Å². The molecule has 1 aromatic rings. The lowest BCUT2D eigenvalue weighted by atomic mass is 9.97. The minimum atomic E-state index is 0.264. The van der Waals surface area contributed by atoms with Crippen molar-refractivity contribution in [2.45, 2.75) is 32.2 Å². The molecule has 2 N–H and O–H groups in total. The highest BCUT2D eigenvalue weighted by molar-refractivity contribution is 5.42. The Labute approximate surface area is 121 Å². The van der Waals surface area contributed by atoms with Gasteiger partial charge >= 0.3 is 0 Å². The summed E-state index contributed by atoms with van der Waals surface area (Å²) in [5.74, 6) is 1.06. The van der Waals surface area contributed by atoms with E-state index in [1.54, 1.807) is 19.2 Å². The average molecular weight is 278 g/mol. The molecule has 0 radical (unpaired) electrons. The number of aromatic hydroxyl groups is 1. The van der Waals surface area contributed by atoms with Crippen LogP contribution in [-0.4, -0.2) is 43.3 Å². The first-order chi connectivity index (χ1) is 9.76. The van der Waals surface area contributed by atoms with Crippen molar-refractivity contribution in [1.82, 2.24) is 10.2 Å². The van der Waals surface area contributed by atoms with Crippen LogP contribution in [0.25, 0.3) is 0 Å². The smallest absolute Gasteiger partial charge is 0.127 e. The Morgan fingerprint density at radius 3 is 2.75 bits per heavy atom. The van der Waals surface area contributed by atoms with Crippen LogP contribution in [0.3, 0.4) is 0 Å². The molecule has 4 heteroatoms. The van der Waals surface area contributed by atoms with Gasteiger partial charge < -0.3 is 15.2 Å². The fourth-order valence-corrected chi connectivity index (χ4v) is 2.90. The van der Waals surface area contributed by atoms with Gasteiger partial charge in [0.25, 0.3) is 0 Å². The first-order valence-corrected chi connectivity index (χ1v) is 7.58. The zero-order valence-electron chi connectivity index (χ0n) is 12.6. The molecule has 1 saturated heterocycles. The Kier molecular flexibility index (Phi) is 5.68. The van der Waals surface area contributed by atoms with Gasteiger partial charge in [0.2, 0.25) is 0 Å². The number of unbranched alkanes of at least 4 members (excludes halogenated alkanes) is 1. The Bertz CT molecular complexity index is 417. The van der Waals surface area contributed by atoms with E-state index in [2.05, 4.69) is 17.1 Å². The highest BCUT2D eigenvalue weighted by atomic mass is 16.5. The molecule has 0 aliphatic carbocycles. The summed E-state index contributed by atoms with van der Waals surface area (Å²) in [6.45, 7) is 6.45. The summed E-state index contributed by atoms with van der Waals surface area (Å²) in [6, 6.07) is 5.87. The van der Waals surface area contributed by atoms with Gasteiger partial charge in [0.15, 0.2) is 0 Å². The van der Waals surface area contributed by atoms with Crippen molar-refractivity contribution < 1.29 is 9.84 Å². The largest absolute Gasteiger partial charge is 0.508 e. The van der Waals surface area contributed by atoms with Gasteiger partial charge in [-0.2, -0.15) is 0 Å². The van der Waals surface area contributed by atoms with E-state index in [0.717, 1.165) is 38.3 Å². The van der Waals surface area contributed by atoms with E-state index in [0.29, 0.717) is 6.04 Å². The number of phenols is 1. The number of rotatable bonds is 6. The molecule has 2 rings (SSSR count). The van der Waals surface area contributed by atoms with Crippen LogP contribution in [-0.2, 0) is 0 Å². The quantitative estimate of drug-likeness (QED) is 0.839. The minimum absolute atomic E-state index is 0.264. The number of benzene rings is 1. The number of nitrogens with zero attached hydrogens (tertiary/aromatic N) is 1. The second-order valence-corrected chi connectivity index (χ2v) is 5.37. The third-order valence-electron chi connectivity index (χ3n) is 4.00. The van der Waals surface area contributed by atoms with E-state index < -0.39 is 0 Å². The number of phenolic OH excluding ortho intramolecular Hbond substituents is 1. The van der Waals surface area contributed by atoms with Crippen LogP contribution >= 0.6 is 0 Å². The molecule has 1 atom stereocenters. The van der Waals surface area contributed by atoms with E-state index in [-0.39, 0.29) is 5.75 Å². The summed E-state index contributed by atoms with van der Waals surface area (Å²) < 4.78 is 5.48. The van der Waals surface area contributed by atoms with Crippen LogP contribution < -0.4 is 10.1 Å². The Morgan fingerprint density at radius 2 is 2.10 bits per heavy atom. The summed E-state index contributed by atoms with van der Waals surface area (Å²) in [6.07, 6.45) is 3.54. The highest BCUT2D eigenvalue weighted by Crippen LogP contribution is 2.35. The molecule has 0 unspecified atom stereocenters. The monoisotopic (exact) mass is 278 g/mol. The zero-order valence-corrected chi connectivity index (χ0v) is 12.6. The van der Waals surface area contributed by atoms with Crippen molar-refractivity contribution in [3.05, 3.63) is 23.8 Å². The van der Waals surface area contributed by atoms with Gasteiger partial charge in [0.05, 0.1) is 7.11 Å². The third-order valence-corrected chi connectivity index (χ3v) is 4.00. The van der Waals surface area contributed by atoms with Gasteiger partial charge in [-0.25, -0.2) is 0 Å². The molecule has 0 saturated carbocycles. The number of nitrogens with one attached hydrogen (secondary N) is 1. The molecule has 4 nitrogen and oxygen atoms in total. The topological polar surface area (TPSA) is 44.7 Å². The van der Waals surface area contributed by atoms with E-state index in [4.69, 9.17) is 4.74 Å². The van der Waals surface area contributed by atoms with Crippen LogP contribution in [0.15, 0.2) is 18.2 Å². The molecule has 0 spiro atoms. The standard InChI is InChI=1S/C16H26N2O2/c1-3-4-5-15(18-10-8-17-9-11-18)14-7-6-13(19)12-16(14)20-2/h6-7,12,15,17,19H,3-5,8-11H2,1-2H3/t15-/m1/s1. The second-order valence-electron chi connectivity index (χ2n) is 5.37. The molecule has 0 amide bonds. The van der Waals surface area contributed by atoms with E-state index >= 15 is 0 Å². The van der Waals surface area contributed by atoms with Crippen LogP contribution in [0.5, 0.6) is 11.5 Å². The summed E-state index contributed by atoms with van der Waals surface area (Å²) >= 11 is 0. The number of ether oxygens (including phenoxy) is 1. The molecule has 20 heavy (non-hydrogen) atoms. The molecule has 1 heterocycles. The maximum atomic E-state index is 9.63. The van der Waals surface area contributed by atoms with E-state index in [9.17, 15) is 5.11 Å². The first kappa shape index (κ1) is 15.1. The van der Waals surface area contributed by atoms with Crippen molar-refractivity contribution in [3.8, 4) is 11.5 Å². The molecule has 112 valence electrons. The molecular formula is C16H26N2O2. The summed E-state index contributed by atoms with van der Waals surface area (Å²) in [7, 11) is 1.67. The lowest BCUT2D eigenvalue weighted by molar-refractivity contribution is 0.160. The molecular weight excluding hydrogens is 252 g/mol. The fraction of sp³-hybridized carbons (Fsp3) is 0.625. The molecule has 0 aromatic heterocycles. The van der Waals surface area contributed by atoms with Gasteiger partial charge in [-0.1, -0.05) is 25.8 Å². The van der Waals surface area contributed by atoms with Crippen molar-refractivity contribution in [2.75, 3.05) is 33.3 Å². The van der Waals surface area contributed by atoms with Crippen molar-refractivity contribution in [2.24, 2.45) is 0 Å². The average Bonchev–Trinajstić information content (AvgIpc) is 2.49. The third kappa shape index (κ3) is 3.64. The molecule has 1 fully saturated rings. The lowest BCUT2D eigenvalue weighted by Gasteiger charge is -2.36. The maximum Gasteiger partial charge on any atom is 0.127 e. The SMILES string of the molecule is CCCC[C@H](c1ccc(O)cc1OC)N1CCNCC1. The van der Waals surface area contributed by atoms with Crippen molar-refractivity contribution in [1.29, 1.82) is 0 Å². The van der Waals surface area contributed by atoms with E-state index in [1.165, 1.54) is 18.4 Å². The highest BCUT2D eigenvalue weighted by Gasteiger charge is 2.24. The number of hydrogen-bond donors (Lipinski definition) is 2. The molecule has 0 bridgehead atoms. The van der Waals surface area contributed by atoms with Gasteiger partial charge in [0, 0.05) is 43.9 Å². The van der Waals surface area contributed by atoms with Gasteiger partial charge in [-0.15, -0.1) is 0 Å². The normalized spacial score (nSPS) is 17.9. The van der Waals surface area contributed by atoms with E-state index in [1.807, 2.05) is 6.07 Å². The fourth-order valence-electron chi connectivity index (χ4n) is 2.90. The Balaban J connectivity index is 2.24. The van der Waals surface area contributed by atoms with Gasteiger partial charge in [0.1, 0.15) is 11.5 Å². The number of hydrogen-bond acceptors (Lipinski definition) is 4. The molecule has 1 aromatic carbocycles. The number of methoxy groups -OCH3 is 1. The summed E-state index contributed by atoms with van der Waals surface area (Å²) in [4.78, 5) is 2.53. The minimum Gasteiger partial charge on any atom is -0.508 e. The lowest BCUT2D eigenvalue weighted by Crippen LogP contribution is -2.45. The zero-order chi connectivity index (χ0) is 14.4. The molecule has 1 aliphatic heterocycles. The van der Waals surface area contributed by atoms with Crippen molar-refractivity contribution in [3.63, 3.8) is 0 Å². The van der Waals surface area contributed by atoms with Crippen LogP contribution in [0, 0.1) is 0 Å². The Morgan fingerprint density at radius 1 is 1.35 bits per heavy atom. The number of piperazine rings is 1.